The van der Waals surface area contributed by atoms with Crippen LogP contribution >= 0.6 is 15.9 Å². The van der Waals surface area contributed by atoms with E-state index in [4.69, 9.17) is 5.11 Å². The van der Waals surface area contributed by atoms with Crippen molar-refractivity contribution in [2.75, 3.05) is 0 Å². The highest BCUT2D eigenvalue weighted by molar-refractivity contribution is 9.10. The standard InChI is InChI=1S/C6H3BrF3NO/c7-5-4(12)3(1-2-11-5)6(8,9)10/h1-2,12H. The first-order chi connectivity index (χ1) is 5.43. The maximum Gasteiger partial charge on any atom is 0.420 e. The number of aromatic hydroxyl groups is 1. The van der Waals surface area contributed by atoms with E-state index in [1.165, 1.54) is 0 Å². The zero-order chi connectivity index (χ0) is 9.35. The molecule has 1 N–H and O–H groups in total. The van der Waals surface area contributed by atoms with Crippen LogP contribution < -0.4 is 0 Å². The Morgan fingerprint density at radius 1 is 1.42 bits per heavy atom. The molecule has 66 valence electrons. The minimum atomic E-state index is -4.55. The molecule has 0 amide bonds. The molecule has 1 aromatic heterocycles. The molecule has 0 aliphatic rings. The van der Waals surface area contributed by atoms with E-state index in [0.717, 1.165) is 6.20 Å². The molecule has 0 atom stereocenters. The number of aromatic nitrogens is 1. The zero-order valence-electron chi connectivity index (χ0n) is 5.56. The molecule has 2 nitrogen and oxygen atoms in total. The minimum Gasteiger partial charge on any atom is -0.505 e. The lowest BCUT2D eigenvalue weighted by Gasteiger charge is -2.08. The quantitative estimate of drug-likeness (QED) is 0.709. The Balaban J connectivity index is 3.26. The molecule has 0 aliphatic heterocycles. The van der Waals surface area contributed by atoms with Crippen LogP contribution in [0, 0.1) is 0 Å². The lowest BCUT2D eigenvalue weighted by molar-refractivity contribution is -0.138. The third-order valence-corrected chi connectivity index (χ3v) is 1.77. The molecule has 6 heteroatoms. The topological polar surface area (TPSA) is 33.1 Å². The number of alkyl halides is 3. The highest BCUT2D eigenvalue weighted by atomic mass is 79.9. The average molecular weight is 242 g/mol. The molecule has 0 saturated carbocycles. The van der Waals surface area contributed by atoms with Crippen LogP contribution in [-0.4, -0.2) is 10.1 Å². The van der Waals surface area contributed by atoms with Crippen molar-refractivity contribution in [3.8, 4) is 5.75 Å². The van der Waals surface area contributed by atoms with Crippen LogP contribution in [0.25, 0.3) is 0 Å². The second-order valence-electron chi connectivity index (χ2n) is 2.00. The van der Waals surface area contributed by atoms with Gasteiger partial charge in [-0.2, -0.15) is 13.2 Å². The number of hydrogen-bond donors (Lipinski definition) is 1. The fourth-order valence-corrected chi connectivity index (χ4v) is 0.989. The zero-order valence-corrected chi connectivity index (χ0v) is 7.15. The van der Waals surface area contributed by atoms with Gasteiger partial charge < -0.3 is 5.11 Å². The summed E-state index contributed by atoms with van der Waals surface area (Å²) in [6, 6.07) is 0.708. The fraction of sp³-hybridized carbons (Fsp3) is 0.167. The Labute approximate surface area is 74.2 Å². The van der Waals surface area contributed by atoms with E-state index in [0.29, 0.717) is 6.07 Å². The van der Waals surface area contributed by atoms with Crippen molar-refractivity contribution >= 4 is 15.9 Å². The summed E-state index contributed by atoms with van der Waals surface area (Å²) < 4.78 is 35.8. The summed E-state index contributed by atoms with van der Waals surface area (Å²) in [5, 5.41) is 8.90. The number of pyridine rings is 1. The Hall–Kier alpha value is -0.780. The molecule has 1 heterocycles. The van der Waals surface area contributed by atoms with E-state index in [2.05, 4.69) is 20.9 Å². The highest BCUT2D eigenvalue weighted by Crippen LogP contribution is 2.37. The summed E-state index contributed by atoms with van der Waals surface area (Å²) in [7, 11) is 0. The summed E-state index contributed by atoms with van der Waals surface area (Å²) >= 11 is 2.68. The van der Waals surface area contributed by atoms with E-state index < -0.39 is 17.5 Å². The van der Waals surface area contributed by atoms with E-state index in [1.54, 1.807) is 0 Å². The first kappa shape index (κ1) is 9.31. The maximum absolute atomic E-state index is 12.0. The van der Waals surface area contributed by atoms with Crippen LogP contribution in [0.15, 0.2) is 16.9 Å². The van der Waals surface area contributed by atoms with Crippen LogP contribution in [0.3, 0.4) is 0 Å². The number of nitrogens with zero attached hydrogens (tertiary/aromatic N) is 1. The lowest BCUT2D eigenvalue weighted by atomic mass is 10.2. The van der Waals surface area contributed by atoms with Gasteiger partial charge in [0, 0.05) is 6.20 Å². The number of halogens is 4. The second-order valence-corrected chi connectivity index (χ2v) is 2.75. The predicted molar refractivity (Wildman–Crippen MR) is 38.6 cm³/mol. The molecule has 0 spiro atoms. The van der Waals surface area contributed by atoms with Gasteiger partial charge in [-0.1, -0.05) is 0 Å². The van der Waals surface area contributed by atoms with Gasteiger partial charge in [-0.15, -0.1) is 0 Å². The molecule has 1 rings (SSSR count). The van der Waals surface area contributed by atoms with Gasteiger partial charge in [0.1, 0.15) is 10.2 Å². The summed E-state index contributed by atoms with van der Waals surface area (Å²) in [5.41, 5.74) is -1.09. The van der Waals surface area contributed by atoms with Gasteiger partial charge >= 0.3 is 6.18 Å². The number of rotatable bonds is 0. The van der Waals surface area contributed by atoms with Gasteiger partial charge in [0.2, 0.25) is 0 Å². The van der Waals surface area contributed by atoms with E-state index in [9.17, 15) is 13.2 Å². The smallest absolute Gasteiger partial charge is 0.420 e. The fourth-order valence-electron chi connectivity index (χ4n) is 0.657. The largest absolute Gasteiger partial charge is 0.505 e. The van der Waals surface area contributed by atoms with Crippen molar-refractivity contribution < 1.29 is 18.3 Å². The minimum absolute atomic E-state index is 0.211. The van der Waals surface area contributed by atoms with Gasteiger partial charge in [-0.05, 0) is 22.0 Å². The summed E-state index contributed by atoms with van der Waals surface area (Å²) in [6.45, 7) is 0. The summed E-state index contributed by atoms with van der Waals surface area (Å²) in [5.74, 6) is -0.884. The van der Waals surface area contributed by atoms with E-state index in [-0.39, 0.29) is 4.60 Å². The SMILES string of the molecule is Oc1c(C(F)(F)F)ccnc1Br. The van der Waals surface area contributed by atoms with Crippen molar-refractivity contribution in [3.63, 3.8) is 0 Å². The van der Waals surface area contributed by atoms with Crippen LogP contribution in [-0.2, 0) is 6.18 Å². The van der Waals surface area contributed by atoms with Crippen molar-refractivity contribution in [1.29, 1.82) is 0 Å². The molecular weight excluding hydrogens is 239 g/mol. The van der Waals surface area contributed by atoms with E-state index >= 15 is 0 Å². The molecule has 0 saturated heterocycles. The molecule has 1 aromatic rings. The van der Waals surface area contributed by atoms with Crippen molar-refractivity contribution in [3.05, 3.63) is 22.4 Å². The molecule has 0 aromatic carbocycles. The average Bonchev–Trinajstić information content (AvgIpc) is 1.92. The maximum atomic E-state index is 12.0. The van der Waals surface area contributed by atoms with Crippen LogP contribution in [0.2, 0.25) is 0 Å². The molecule has 0 fully saturated rings. The Morgan fingerprint density at radius 3 is 2.42 bits per heavy atom. The van der Waals surface area contributed by atoms with Crippen LogP contribution in [0.1, 0.15) is 5.56 Å². The summed E-state index contributed by atoms with van der Waals surface area (Å²) in [4.78, 5) is 3.42. The van der Waals surface area contributed by atoms with Crippen molar-refractivity contribution in [2.24, 2.45) is 0 Å². The van der Waals surface area contributed by atoms with Gasteiger partial charge in [0.15, 0.2) is 5.75 Å². The Kier molecular flexibility index (Phi) is 2.27. The van der Waals surface area contributed by atoms with Gasteiger partial charge in [0.05, 0.1) is 0 Å². The lowest BCUT2D eigenvalue weighted by Crippen LogP contribution is -2.05. The third-order valence-electron chi connectivity index (χ3n) is 1.19. The van der Waals surface area contributed by atoms with Crippen molar-refractivity contribution in [1.82, 2.24) is 4.98 Å². The molecule has 0 radical (unpaired) electrons. The monoisotopic (exact) mass is 241 g/mol. The first-order valence-electron chi connectivity index (χ1n) is 2.83. The van der Waals surface area contributed by atoms with Gasteiger partial charge in [-0.3, -0.25) is 0 Å². The summed E-state index contributed by atoms with van der Waals surface area (Å²) in [6.07, 6.45) is -3.58. The molecular formula is C6H3BrF3NO. The van der Waals surface area contributed by atoms with Gasteiger partial charge in [0.25, 0.3) is 0 Å². The van der Waals surface area contributed by atoms with E-state index in [1.807, 2.05) is 0 Å². The van der Waals surface area contributed by atoms with Gasteiger partial charge in [-0.25, -0.2) is 4.98 Å². The Bertz CT molecular complexity index is 299. The van der Waals surface area contributed by atoms with Crippen LogP contribution in [0.5, 0.6) is 5.75 Å². The predicted octanol–water partition coefficient (Wildman–Crippen LogP) is 2.57. The first-order valence-corrected chi connectivity index (χ1v) is 3.63. The number of hydrogen-bond acceptors (Lipinski definition) is 2. The normalized spacial score (nSPS) is 11.7. The molecule has 0 unspecified atom stereocenters. The molecule has 12 heavy (non-hydrogen) atoms. The second kappa shape index (κ2) is 2.93. The van der Waals surface area contributed by atoms with Crippen molar-refractivity contribution in [2.45, 2.75) is 6.18 Å². The Morgan fingerprint density at radius 2 is 2.00 bits per heavy atom. The molecule has 0 aliphatic carbocycles. The third kappa shape index (κ3) is 1.69. The highest BCUT2D eigenvalue weighted by Gasteiger charge is 2.34. The van der Waals surface area contributed by atoms with Crippen LogP contribution in [0.4, 0.5) is 13.2 Å². The molecule has 0 bridgehead atoms.